The van der Waals surface area contributed by atoms with E-state index in [1.807, 2.05) is 0 Å². The smallest absolute Gasteiger partial charge is 0.0487 e. The van der Waals surface area contributed by atoms with Crippen molar-refractivity contribution in [1.82, 2.24) is 0 Å². The molecule has 0 saturated heterocycles. The topological polar surface area (TPSA) is 6.48 Å². The fourth-order valence-corrected chi connectivity index (χ4v) is 6.75. The zero-order valence-electron chi connectivity index (χ0n) is 27.0. The Balaban J connectivity index is 1.16. The zero-order chi connectivity index (χ0) is 32.3. The van der Waals surface area contributed by atoms with Crippen molar-refractivity contribution in [3.05, 3.63) is 194 Å². The molecule has 0 spiro atoms. The molecule has 0 bridgehead atoms. The van der Waals surface area contributed by atoms with Crippen LogP contribution >= 0.6 is 0 Å². The van der Waals surface area contributed by atoms with Crippen molar-refractivity contribution >= 4 is 44.3 Å². The Morgan fingerprint density at radius 1 is 0.375 bits per heavy atom. The molecule has 0 unspecified atom stereocenters. The molecule has 2 heteroatoms. The number of hydrogen-bond acceptors (Lipinski definition) is 2. The standard InChI is InChI=1S/C46H36N2/c1-47(41-27-22-37(23-28-41)34-12-4-2-5-13-34)46-21-11-19-44-40(18-10-20-45(44)46)33-48(43-31-26-36-16-8-9-17-39(36)32-43)42-29-24-38(25-30-42)35-14-6-3-7-15-35/h2-32H,33H2,1H3. The van der Waals surface area contributed by atoms with E-state index >= 15 is 0 Å². The molecule has 0 aliphatic carbocycles. The molecule has 8 aromatic carbocycles. The number of benzene rings is 8. The second-order valence-corrected chi connectivity index (χ2v) is 12.3. The predicted molar refractivity (Wildman–Crippen MR) is 206 cm³/mol. The summed E-state index contributed by atoms with van der Waals surface area (Å²) in [7, 11) is 2.16. The number of fused-ring (bicyclic) bond motifs is 2. The van der Waals surface area contributed by atoms with E-state index in [2.05, 4.69) is 205 Å². The number of anilines is 4. The van der Waals surface area contributed by atoms with Crippen LogP contribution in [0.25, 0.3) is 43.8 Å². The quantitative estimate of drug-likeness (QED) is 0.168. The Kier molecular flexibility index (Phi) is 7.90. The number of hydrogen-bond donors (Lipinski definition) is 0. The van der Waals surface area contributed by atoms with Crippen LogP contribution in [0.1, 0.15) is 5.56 Å². The van der Waals surface area contributed by atoms with Crippen molar-refractivity contribution in [2.45, 2.75) is 6.54 Å². The summed E-state index contributed by atoms with van der Waals surface area (Å²) in [6.45, 7) is 0.735. The molecular formula is C46H36N2. The van der Waals surface area contributed by atoms with Gasteiger partial charge < -0.3 is 9.80 Å². The molecule has 0 aliphatic heterocycles. The van der Waals surface area contributed by atoms with Gasteiger partial charge in [-0.2, -0.15) is 0 Å². The van der Waals surface area contributed by atoms with Crippen molar-refractivity contribution in [2.75, 3.05) is 16.8 Å². The number of rotatable bonds is 8. The summed E-state index contributed by atoms with van der Waals surface area (Å²) >= 11 is 0. The van der Waals surface area contributed by atoms with Gasteiger partial charge in [0, 0.05) is 41.7 Å². The van der Waals surface area contributed by atoms with E-state index in [0.29, 0.717) is 0 Å². The van der Waals surface area contributed by atoms with Gasteiger partial charge in [0.2, 0.25) is 0 Å². The minimum atomic E-state index is 0.735. The van der Waals surface area contributed by atoms with Gasteiger partial charge in [-0.1, -0.05) is 146 Å². The van der Waals surface area contributed by atoms with Crippen LogP contribution in [0.4, 0.5) is 22.7 Å². The Bertz CT molecular complexity index is 2310. The summed E-state index contributed by atoms with van der Waals surface area (Å²) in [5.41, 5.74) is 10.8. The molecule has 8 rings (SSSR count). The van der Waals surface area contributed by atoms with Gasteiger partial charge in [-0.3, -0.25) is 0 Å². The lowest BCUT2D eigenvalue weighted by Gasteiger charge is -2.27. The van der Waals surface area contributed by atoms with Crippen LogP contribution in [0.5, 0.6) is 0 Å². The largest absolute Gasteiger partial charge is 0.344 e. The van der Waals surface area contributed by atoms with E-state index in [9.17, 15) is 0 Å². The van der Waals surface area contributed by atoms with Gasteiger partial charge in [0.1, 0.15) is 0 Å². The minimum Gasteiger partial charge on any atom is -0.344 e. The Hall–Kier alpha value is -6.12. The normalized spacial score (nSPS) is 11.1. The molecule has 0 heterocycles. The fraction of sp³-hybridized carbons (Fsp3) is 0.0435. The van der Waals surface area contributed by atoms with Gasteiger partial charge >= 0.3 is 0 Å². The molecule has 0 amide bonds. The first-order chi connectivity index (χ1) is 23.7. The fourth-order valence-electron chi connectivity index (χ4n) is 6.75. The summed E-state index contributed by atoms with van der Waals surface area (Å²) in [6.07, 6.45) is 0. The lowest BCUT2D eigenvalue weighted by molar-refractivity contribution is 0.986. The van der Waals surface area contributed by atoms with E-state index in [1.54, 1.807) is 0 Å². The average Bonchev–Trinajstić information content (AvgIpc) is 3.17. The monoisotopic (exact) mass is 616 g/mol. The highest BCUT2D eigenvalue weighted by Gasteiger charge is 2.16. The maximum atomic E-state index is 2.44. The van der Waals surface area contributed by atoms with Gasteiger partial charge in [-0.15, -0.1) is 0 Å². The summed E-state index contributed by atoms with van der Waals surface area (Å²) in [5.74, 6) is 0. The van der Waals surface area contributed by atoms with Gasteiger partial charge in [0.25, 0.3) is 0 Å². The molecule has 230 valence electrons. The van der Waals surface area contributed by atoms with Crippen molar-refractivity contribution in [3.63, 3.8) is 0 Å². The van der Waals surface area contributed by atoms with Gasteiger partial charge in [0.05, 0.1) is 0 Å². The van der Waals surface area contributed by atoms with Crippen LogP contribution in [-0.4, -0.2) is 7.05 Å². The highest BCUT2D eigenvalue weighted by molar-refractivity contribution is 5.98. The van der Waals surface area contributed by atoms with E-state index in [-0.39, 0.29) is 0 Å². The first-order valence-electron chi connectivity index (χ1n) is 16.5. The molecular weight excluding hydrogens is 581 g/mol. The Morgan fingerprint density at radius 2 is 0.896 bits per heavy atom. The van der Waals surface area contributed by atoms with Crippen LogP contribution in [0, 0.1) is 0 Å². The second-order valence-electron chi connectivity index (χ2n) is 12.3. The van der Waals surface area contributed by atoms with E-state index in [4.69, 9.17) is 0 Å². The Labute approximate surface area is 282 Å². The van der Waals surface area contributed by atoms with Crippen LogP contribution in [-0.2, 0) is 6.54 Å². The molecule has 0 radical (unpaired) electrons. The summed E-state index contributed by atoms with van der Waals surface area (Å²) in [6, 6.07) is 67.7. The third-order valence-electron chi connectivity index (χ3n) is 9.37. The van der Waals surface area contributed by atoms with Crippen molar-refractivity contribution in [1.29, 1.82) is 0 Å². The first-order valence-corrected chi connectivity index (χ1v) is 16.5. The maximum absolute atomic E-state index is 2.44. The molecule has 0 fully saturated rings. The van der Waals surface area contributed by atoms with E-state index in [0.717, 1.165) is 17.9 Å². The maximum Gasteiger partial charge on any atom is 0.0487 e. The highest BCUT2D eigenvalue weighted by Crippen LogP contribution is 2.37. The van der Waals surface area contributed by atoms with Crippen molar-refractivity contribution in [3.8, 4) is 22.3 Å². The number of nitrogens with zero attached hydrogens (tertiary/aromatic N) is 2. The summed E-state index contributed by atoms with van der Waals surface area (Å²) < 4.78 is 0. The molecule has 0 aromatic heterocycles. The van der Waals surface area contributed by atoms with E-state index in [1.165, 1.54) is 60.7 Å². The molecule has 0 aliphatic rings. The minimum absolute atomic E-state index is 0.735. The van der Waals surface area contributed by atoms with Crippen LogP contribution < -0.4 is 9.80 Å². The summed E-state index contributed by atoms with van der Waals surface area (Å²) in [4.78, 5) is 4.74. The third kappa shape index (κ3) is 5.81. The summed E-state index contributed by atoms with van der Waals surface area (Å²) in [5, 5.41) is 4.98. The molecule has 8 aromatic rings. The molecule has 2 nitrogen and oxygen atoms in total. The second kappa shape index (κ2) is 12.9. The van der Waals surface area contributed by atoms with Crippen molar-refractivity contribution < 1.29 is 0 Å². The highest BCUT2D eigenvalue weighted by atomic mass is 15.1. The predicted octanol–water partition coefficient (Wildman–Crippen LogP) is 12.4. The SMILES string of the molecule is CN(c1ccc(-c2ccccc2)cc1)c1cccc2c(CN(c3ccc(-c4ccccc4)cc3)c3ccc4ccccc4c3)cccc12. The van der Waals surface area contributed by atoms with Gasteiger partial charge in [-0.05, 0) is 86.4 Å². The molecule has 0 N–H and O–H groups in total. The van der Waals surface area contributed by atoms with Crippen LogP contribution in [0.2, 0.25) is 0 Å². The zero-order valence-corrected chi connectivity index (χ0v) is 27.0. The van der Waals surface area contributed by atoms with Crippen LogP contribution in [0.3, 0.4) is 0 Å². The molecule has 0 saturated carbocycles. The Morgan fingerprint density at radius 3 is 1.56 bits per heavy atom. The third-order valence-corrected chi connectivity index (χ3v) is 9.37. The first kappa shape index (κ1) is 29.3. The van der Waals surface area contributed by atoms with Crippen LogP contribution in [0.15, 0.2) is 188 Å². The lowest BCUT2D eigenvalue weighted by Crippen LogP contribution is -2.17. The molecule has 0 atom stereocenters. The van der Waals surface area contributed by atoms with Crippen molar-refractivity contribution in [2.24, 2.45) is 0 Å². The average molecular weight is 617 g/mol. The molecule has 48 heavy (non-hydrogen) atoms. The lowest BCUT2D eigenvalue weighted by atomic mass is 10.0. The van der Waals surface area contributed by atoms with E-state index < -0.39 is 0 Å². The van der Waals surface area contributed by atoms with Gasteiger partial charge in [-0.25, -0.2) is 0 Å². The van der Waals surface area contributed by atoms with Gasteiger partial charge in [0.15, 0.2) is 0 Å².